The third kappa shape index (κ3) is 3.67. The van der Waals surface area contributed by atoms with Crippen molar-refractivity contribution >= 4 is 5.91 Å². The number of rotatable bonds is 6. The zero-order valence-corrected chi connectivity index (χ0v) is 10.3. The van der Waals surface area contributed by atoms with Crippen molar-refractivity contribution in [2.75, 3.05) is 0 Å². The maximum atomic E-state index is 11.5. The Labute approximate surface area is 92.9 Å². The number of primary amides is 1. The standard InChI is InChI=1S/C12H24N2O/c1-5-9(6-2)11(12(14)15)10(7-3)8(4)13/h8-9H,5-7,13H2,1-4H3,(H2,14,15)/b11-10+. The molecule has 1 unspecified atom stereocenters. The van der Waals surface area contributed by atoms with E-state index in [2.05, 4.69) is 13.8 Å². The molecule has 0 aliphatic heterocycles. The van der Waals surface area contributed by atoms with E-state index in [1.54, 1.807) is 0 Å². The lowest BCUT2D eigenvalue weighted by Gasteiger charge is -2.21. The number of hydrogen-bond acceptors (Lipinski definition) is 2. The first-order chi connectivity index (χ1) is 6.99. The second-order valence-corrected chi connectivity index (χ2v) is 3.96. The molecular weight excluding hydrogens is 188 g/mol. The summed E-state index contributed by atoms with van der Waals surface area (Å²) in [5.74, 6) is -0.0544. The summed E-state index contributed by atoms with van der Waals surface area (Å²) < 4.78 is 0. The quantitative estimate of drug-likeness (QED) is 0.661. The zero-order chi connectivity index (χ0) is 12.0. The van der Waals surface area contributed by atoms with Gasteiger partial charge in [0.1, 0.15) is 0 Å². The molecule has 0 rings (SSSR count). The van der Waals surface area contributed by atoms with Crippen LogP contribution in [0.1, 0.15) is 47.0 Å². The minimum Gasteiger partial charge on any atom is -0.366 e. The Bertz CT molecular complexity index is 240. The fraction of sp³-hybridized carbons (Fsp3) is 0.750. The Morgan fingerprint density at radius 1 is 1.20 bits per heavy atom. The van der Waals surface area contributed by atoms with Crippen LogP contribution in [0.15, 0.2) is 11.1 Å². The summed E-state index contributed by atoms with van der Waals surface area (Å²) in [6.45, 7) is 8.07. The van der Waals surface area contributed by atoms with Crippen LogP contribution in [0.3, 0.4) is 0 Å². The smallest absolute Gasteiger partial charge is 0.244 e. The molecule has 88 valence electrons. The van der Waals surface area contributed by atoms with Gasteiger partial charge in [0.25, 0.3) is 0 Å². The Morgan fingerprint density at radius 3 is 1.87 bits per heavy atom. The van der Waals surface area contributed by atoms with Crippen molar-refractivity contribution in [1.29, 1.82) is 0 Å². The molecule has 3 nitrogen and oxygen atoms in total. The van der Waals surface area contributed by atoms with Gasteiger partial charge < -0.3 is 11.5 Å². The SMILES string of the molecule is CC/C(=C(\C(N)=O)C(CC)CC)C(C)N. The number of amides is 1. The molecule has 0 radical (unpaired) electrons. The molecule has 4 N–H and O–H groups in total. The van der Waals surface area contributed by atoms with Crippen molar-refractivity contribution in [3.8, 4) is 0 Å². The molecule has 0 aromatic rings. The number of carbonyl (C=O) groups excluding carboxylic acids is 1. The Kier molecular flexibility index (Phi) is 6.25. The van der Waals surface area contributed by atoms with E-state index >= 15 is 0 Å². The number of nitrogens with two attached hydrogens (primary N) is 2. The summed E-state index contributed by atoms with van der Waals surface area (Å²) in [5, 5.41) is 0. The fourth-order valence-corrected chi connectivity index (χ4v) is 2.08. The normalized spacial score (nSPS) is 15.1. The van der Waals surface area contributed by atoms with Gasteiger partial charge in [0.05, 0.1) is 0 Å². The topological polar surface area (TPSA) is 69.1 Å². The minimum absolute atomic E-state index is 0.0851. The van der Waals surface area contributed by atoms with Gasteiger partial charge in [-0.25, -0.2) is 0 Å². The molecule has 3 heteroatoms. The van der Waals surface area contributed by atoms with Crippen LogP contribution in [0.2, 0.25) is 0 Å². The lowest BCUT2D eigenvalue weighted by Crippen LogP contribution is -2.28. The molecule has 0 fully saturated rings. The van der Waals surface area contributed by atoms with Crippen LogP contribution in [-0.4, -0.2) is 11.9 Å². The van der Waals surface area contributed by atoms with Gasteiger partial charge in [-0.15, -0.1) is 0 Å². The molecule has 0 aliphatic carbocycles. The van der Waals surface area contributed by atoms with Crippen molar-refractivity contribution in [1.82, 2.24) is 0 Å². The zero-order valence-electron chi connectivity index (χ0n) is 10.3. The second kappa shape index (κ2) is 6.62. The number of carbonyl (C=O) groups is 1. The Morgan fingerprint density at radius 2 is 1.67 bits per heavy atom. The van der Waals surface area contributed by atoms with Crippen LogP contribution >= 0.6 is 0 Å². The van der Waals surface area contributed by atoms with Crippen molar-refractivity contribution in [3.63, 3.8) is 0 Å². The third-order valence-corrected chi connectivity index (χ3v) is 2.94. The van der Waals surface area contributed by atoms with Crippen LogP contribution in [-0.2, 0) is 4.79 Å². The molecule has 0 saturated carbocycles. The van der Waals surface area contributed by atoms with Crippen LogP contribution in [0.5, 0.6) is 0 Å². The van der Waals surface area contributed by atoms with Gasteiger partial charge in [0.15, 0.2) is 0 Å². The molecule has 0 heterocycles. The predicted octanol–water partition coefficient (Wildman–Crippen LogP) is 1.96. The summed E-state index contributed by atoms with van der Waals surface area (Å²) in [7, 11) is 0. The molecule has 1 amide bonds. The van der Waals surface area contributed by atoms with Gasteiger partial charge in [-0.1, -0.05) is 20.8 Å². The van der Waals surface area contributed by atoms with E-state index in [0.29, 0.717) is 0 Å². The molecule has 0 spiro atoms. The van der Waals surface area contributed by atoms with E-state index in [1.165, 1.54) is 0 Å². The molecular formula is C12H24N2O. The Hall–Kier alpha value is -0.830. The minimum atomic E-state index is -0.308. The van der Waals surface area contributed by atoms with Crippen molar-refractivity contribution in [3.05, 3.63) is 11.1 Å². The van der Waals surface area contributed by atoms with Gasteiger partial charge in [-0.2, -0.15) is 0 Å². The van der Waals surface area contributed by atoms with E-state index in [-0.39, 0.29) is 17.9 Å². The lowest BCUT2D eigenvalue weighted by molar-refractivity contribution is -0.115. The van der Waals surface area contributed by atoms with Crippen molar-refractivity contribution < 1.29 is 4.79 Å². The van der Waals surface area contributed by atoms with E-state index in [0.717, 1.165) is 30.4 Å². The highest BCUT2D eigenvalue weighted by molar-refractivity contribution is 5.93. The molecule has 0 bridgehead atoms. The summed E-state index contributed by atoms with van der Waals surface area (Å²) in [6.07, 6.45) is 2.67. The van der Waals surface area contributed by atoms with Crippen LogP contribution < -0.4 is 11.5 Å². The first-order valence-corrected chi connectivity index (χ1v) is 5.77. The maximum absolute atomic E-state index is 11.5. The molecule has 0 saturated heterocycles. The molecule has 15 heavy (non-hydrogen) atoms. The van der Waals surface area contributed by atoms with E-state index in [9.17, 15) is 4.79 Å². The second-order valence-electron chi connectivity index (χ2n) is 3.96. The lowest BCUT2D eigenvalue weighted by atomic mass is 9.86. The van der Waals surface area contributed by atoms with Gasteiger partial charge in [0, 0.05) is 11.6 Å². The van der Waals surface area contributed by atoms with Gasteiger partial charge >= 0.3 is 0 Å². The summed E-state index contributed by atoms with van der Waals surface area (Å²) in [6, 6.07) is -0.0851. The summed E-state index contributed by atoms with van der Waals surface area (Å²) in [4.78, 5) is 11.5. The first kappa shape index (κ1) is 14.2. The monoisotopic (exact) mass is 212 g/mol. The fourth-order valence-electron chi connectivity index (χ4n) is 2.08. The average Bonchev–Trinajstić information content (AvgIpc) is 2.17. The van der Waals surface area contributed by atoms with E-state index in [1.807, 2.05) is 13.8 Å². The van der Waals surface area contributed by atoms with Crippen LogP contribution in [0.4, 0.5) is 0 Å². The highest BCUT2D eigenvalue weighted by Crippen LogP contribution is 2.25. The molecule has 1 atom stereocenters. The van der Waals surface area contributed by atoms with Crippen LogP contribution in [0.25, 0.3) is 0 Å². The highest BCUT2D eigenvalue weighted by Gasteiger charge is 2.21. The predicted molar refractivity (Wildman–Crippen MR) is 64.2 cm³/mol. The van der Waals surface area contributed by atoms with Crippen molar-refractivity contribution in [2.45, 2.75) is 53.0 Å². The molecule has 0 aliphatic rings. The largest absolute Gasteiger partial charge is 0.366 e. The van der Waals surface area contributed by atoms with Crippen molar-refractivity contribution in [2.24, 2.45) is 17.4 Å². The van der Waals surface area contributed by atoms with Crippen LogP contribution in [0, 0.1) is 5.92 Å². The summed E-state index contributed by atoms with van der Waals surface area (Å²) >= 11 is 0. The number of hydrogen-bond donors (Lipinski definition) is 2. The third-order valence-electron chi connectivity index (χ3n) is 2.94. The Balaban J connectivity index is 5.32. The maximum Gasteiger partial charge on any atom is 0.244 e. The summed E-state index contributed by atoms with van der Waals surface area (Å²) in [5.41, 5.74) is 13.1. The van der Waals surface area contributed by atoms with E-state index < -0.39 is 0 Å². The highest BCUT2D eigenvalue weighted by atomic mass is 16.1. The average molecular weight is 212 g/mol. The molecule has 0 aromatic carbocycles. The molecule has 0 aromatic heterocycles. The van der Waals surface area contributed by atoms with Gasteiger partial charge in [0.2, 0.25) is 5.91 Å². The van der Waals surface area contributed by atoms with Gasteiger partial charge in [-0.3, -0.25) is 4.79 Å². The first-order valence-electron chi connectivity index (χ1n) is 5.77. The van der Waals surface area contributed by atoms with Gasteiger partial charge in [-0.05, 0) is 37.7 Å². The van der Waals surface area contributed by atoms with E-state index in [4.69, 9.17) is 11.5 Å².